The molecule has 0 fully saturated rings. The molecule has 0 aromatic carbocycles. The molecule has 0 aromatic rings. The fourth-order valence-electron chi connectivity index (χ4n) is 0.282. The van der Waals surface area contributed by atoms with Gasteiger partial charge in [-0.05, 0) is 0 Å². The van der Waals surface area contributed by atoms with Crippen molar-refractivity contribution in [2.24, 2.45) is 11.5 Å². The van der Waals surface area contributed by atoms with Crippen molar-refractivity contribution in [3.63, 3.8) is 0 Å². The van der Waals surface area contributed by atoms with Crippen LogP contribution >= 0.6 is 11.8 Å². The van der Waals surface area contributed by atoms with Gasteiger partial charge in [-0.1, -0.05) is 6.08 Å². The van der Waals surface area contributed by atoms with Crippen LogP contribution in [0.25, 0.3) is 0 Å². The molecule has 0 bridgehead atoms. The lowest BCUT2D eigenvalue weighted by atomic mass is 10.5. The predicted molar refractivity (Wildman–Crippen MR) is 43.7 cm³/mol. The Balaban J connectivity index is 3.95. The summed E-state index contributed by atoms with van der Waals surface area (Å²) in [5, 5.41) is 8.62. The maximum absolute atomic E-state index is 8.25. The predicted octanol–water partition coefficient (Wildman–Crippen LogP) is 0.516. The third kappa shape index (κ3) is 3.05. The second kappa shape index (κ2) is 4.77. The lowest BCUT2D eigenvalue weighted by molar-refractivity contribution is 1.33. The van der Waals surface area contributed by atoms with Gasteiger partial charge in [0.15, 0.2) is 0 Å². The van der Waals surface area contributed by atoms with Crippen LogP contribution in [0.4, 0.5) is 0 Å². The molecule has 4 N–H and O–H groups in total. The monoisotopic (exact) mass is 155 g/mol. The Morgan fingerprint density at radius 3 is 2.70 bits per heavy atom. The van der Waals surface area contributed by atoms with E-state index in [1.54, 1.807) is 12.1 Å². The zero-order chi connectivity index (χ0) is 7.98. The zero-order valence-electron chi connectivity index (χ0n) is 5.50. The van der Waals surface area contributed by atoms with Crippen molar-refractivity contribution in [3.05, 3.63) is 23.4 Å². The van der Waals surface area contributed by atoms with Gasteiger partial charge in [0.1, 0.15) is 16.8 Å². The van der Waals surface area contributed by atoms with E-state index in [4.69, 9.17) is 16.7 Å². The van der Waals surface area contributed by atoms with E-state index in [9.17, 15) is 0 Å². The van der Waals surface area contributed by atoms with Gasteiger partial charge < -0.3 is 11.5 Å². The summed E-state index contributed by atoms with van der Waals surface area (Å²) < 4.78 is 0. The van der Waals surface area contributed by atoms with E-state index >= 15 is 0 Å². The van der Waals surface area contributed by atoms with Crippen LogP contribution in [0.1, 0.15) is 0 Å². The van der Waals surface area contributed by atoms with Crippen molar-refractivity contribution in [3.8, 4) is 6.07 Å². The van der Waals surface area contributed by atoms with E-state index in [0.717, 1.165) is 0 Å². The van der Waals surface area contributed by atoms with E-state index in [1.165, 1.54) is 11.8 Å². The van der Waals surface area contributed by atoms with Gasteiger partial charge in [-0.2, -0.15) is 5.26 Å². The molecule has 0 radical (unpaired) electrons. The highest BCUT2D eigenvalue weighted by Crippen LogP contribution is 2.10. The van der Waals surface area contributed by atoms with E-state index in [2.05, 4.69) is 6.58 Å². The normalized spacial score (nSPS) is 11.5. The number of hydrogen-bond acceptors (Lipinski definition) is 4. The van der Waals surface area contributed by atoms with Crippen LogP contribution in [0, 0.1) is 11.3 Å². The van der Waals surface area contributed by atoms with Crippen molar-refractivity contribution in [1.82, 2.24) is 0 Å². The third-order valence-corrected chi connectivity index (χ3v) is 1.68. The average molecular weight is 155 g/mol. The number of nitrogens with zero attached hydrogens (tertiary/aromatic N) is 1. The van der Waals surface area contributed by atoms with Crippen LogP contribution in [-0.2, 0) is 0 Å². The molecule has 0 spiro atoms. The summed E-state index contributed by atoms with van der Waals surface area (Å²) in [7, 11) is 0. The van der Waals surface area contributed by atoms with Gasteiger partial charge in [0.2, 0.25) is 0 Å². The Bertz CT molecular complexity index is 190. The molecule has 0 atom stereocenters. The van der Waals surface area contributed by atoms with Crippen LogP contribution < -0.4 is 11.5 Å². The van der Waals surface area contributed by atoms with Crippen LogP contribution in [-0.4, -0.2) is 5.75 Å². The topological polar surface area (TPSA) is 75.8 Å². The second-order valence-electron chi connectivity index (χ2n) is 1.49. The lowest BCUT2D eigenvalue weighted by Gasteiger charge is -1.96. The maximum Gasteiger partial charge on any atom is 0.140 e. The number of thioether (sulfide) groups is 1. The Hall–Kier alpha value is -1.08. The largest absolute Gasteiger partial charge is 0.391 e. The standard InChI is InChI=1S/C6H9N3S/c1-2-3-10-6(9)5(8)4-7/h2H,1,3,8-9H2. The van der Waals surface area contributed by atoms with Crippen LogP contribution in [0.15, 0.2) is 23.4 Å². The fraction of sp³-hybridized carbons (Fsp3) is 0.167. The molecule has 4 heteroatoms. The Kier molecular flexibility index (Phi) is 4.25. The minimum absolute atomic E-state index is 0.0758. The first-order valence-electron chi connectivity index (χ1n) is 2.61. The number of nitrogens with two attached hydrogens (primary N) is 2. The summed E-state index contributed by atoms with van der Waals surface area (Å²) in [6, 6.07) is 1.75. The molecule has 0 heterocycles. The highest BCUT2D eigenvalue weighted by atomic mass is 32.2. The first kappa shape index (κ1) is 8.92. The zero-order valence-corrected chi connectivity index (χ0v) is 6.32. The molecule has 0 unspecified atom stereocenters. The molecular weight excluding hydrogens is 146 g/mol. The van der Waals surface area contributed by atoms with Crippen LogP contribution in [0.2, 0.25) is 0 Å². The summed E-state index contributed by atoms with van der Waals surface area (Å²) >= 11 is 1.30. The smallest absolute Gasteiger partial charge is 0.140 e. The van der Waals surface area contributed by atoms with Crippen LogP contribution in [0.5, 0.6) is 0 Å². The number of hydrogen-bond donors (Lipinski definition) is 2. The van der Waals surface area contributed by atoms with Crippen molar-refractivity contribution >= 4 is 11.8 Å². The average Bonchev–Trinajstić information content (AvgIpc) is 1.98. The number of allylic oxidation sites excluding steroid dienone is 1. The van der Waals surface area contributed by atoms with Crippen molar-refractivity contribution in [2.45, 2.75) is 0 Å². The minimum atomic E-state index is 0.0758. The first-order chi connectivity index (χ1) is 4.72. The summed E-state index contributed by atoms with van der Waals surface area (Å²) in [6.07, 6.45) is 1.70. The van der Waals surface area contributed by atoms with Crippen LogP contribution in [0.3, 0.4) is 0 Å². The second-order valence-corrected chi connectivity index (χ2v) is 2.55. The molecule has 0 aromatic heterocycles. The van der Waals surface area contributed by atoms with E-state index in [-0.39, 0.29) is 5.70 Å². The molecule has 10 heavy (non-hydrogen) atoms. The lowest BCUT2D eigenvalue weighted by Crippen LogP contribution is -2.05. The van der Waals surface area contributed by atoms with Gasteiger partial charge in [-0.25, -0.2) is 0 Å². The molecule has 0 aliphatic carbocycles. The maximum atomic E-state index is 8.25. The molecule has 54 valence electrons. The molecule has 3 nitrogen and oxygen atoms in total. The minimum Gasteiger partial charge on any atom is -0.391 e. The molecule has 0 amide bonds. The molecule has 0 rings (SSSR count). The number of rotatable bonds is 3. The molecule has 0 aliphatic rings. The van der Waals surface area contributed by atoms with Gasteiger partial charge >= 0.3 is 0 Å². The van der Waals surface area contributed by atoms with Gasteiger partial charge in [0, 0.05) is 5.75 Å². The molecule has 0 aliphatic heterocycles. The van der Waals surface area contributed by atoms with E-state index < -0.39 is 0 Å². The van der Waals surface area contributed by atoms with E-state index in [1.807, 2.05) is 0 Å². The highest BCUT2D eigenvalue weighted by Gasteiger charge is 1.95. The first-order valence-corrected chi connectivity index (χ1v) is 3.60. The van der Waals surface area contributed by atoms with Crippen molar-refractivity contribution in [1.29, 1.82) is 5.26 Å². The third-order valence-electron chi connectivity index (χ3n) is 0.743. The SMILES string of the molecule is C=CCSC(N)=C(N)C#N. The summed E-state index contributed by atoms with van der Waals surface area (Å²) in [6.45, 7) is 3.50. The summed E-state index contributed by atoms with van der Waals surface area (Å²) in [5.41, 5.74) is 10.6. The quantitative estimate of drug-likeness (QED) is 0.460. The van der Waals surface area contributed by atoms with Crippen molar-refractivity contribution in [2.75, 3.05) is 5.75 Å². The van der Waals surface area contributed by atoms with Gasteiger partial charge in [-0.3, -0.25) is 0 Å². The molecule has 0 saturated carbocycles. The van der Waals surface area contributed by atoms with Gasteiger partial charge in [-0.15, -0.1) is 18.3 Å². The van der Waals surface area contributed by atoms with Gasteiger partial charge in [0.05, 0.1) is 0 Å². The summed E-state index contributed by atoms with van der Waals surface area (Å²) in [5.74, 6) is 0.675. The Morgan fingerprint density at radius 1 is 1.70 bits per heavy atom. The molecular formula is C6H9N3S. The van der Waals surface area contributed by atoms with Gasteiger partial charge in [0.25, 0.3) is 0 Å². The van der Waals surface area contributed by atoms with Crippen molar-refractivity contribution < 1.29 is 0 Å². The number of nitriles is 1. The Labute approximate surface area is 64.4 Å². The highest BCUT2D eigenvalue weighted by molar-refractivity contribution is 8.03. The fourth-order valence-corrected chi connectivity index (χ4v) is 0.780. The summed E-state index contributed by atoms with van der Waals surface area (Å²) in [4.78, 5) is 0. The molecule has 0 saturated heterocycles. The Morgan fingerprint density at radius 2 is 2.30 bits per heavy atom. The van der Waals surface area contributed by atoms with E-state index in [0.29, 0.717) is 10.8 Å².